The molecule has 1 rings (SSSR count). The summed E-state index contributed by atoms with van der Waals surface area (Å²) in [6, 6.07) is 2.80. The molecule has 0 aliphatic carbocycles. The Labute approximate surface area is 115 Å². The van der Waals surface area contributed by atoms with E-state index >= 15 is 0 Å². The van der Waals surface area contributed by atoms with Crippen molar-refractivity contribution in [3.63, 3.8) is 0 Å². The summed E-state index contributed by atoms with van der Waals surface area (Å²) in [6.45, 7) is 1.72. The Bertz CT molecular complexity index is 557. The number of hydrogen-bond donors (Lipinski definition) is 2. The van der Waals surface area contributed by atoms with E-state index in [0.29, 0.717) is 6.42 Å². The Morgan fingerprint density at radius 2 is 1.85 bits per heavy atom. The van der Waals surface area contributed by atoms with E-state index in [2.05, 4.69) is 0 Å². The number of carbonyl (C=O) groups is 1. The molecule has 0 aliphatic rings. The molecule has 0 bridgehead atoms. The lowest BCUT2D eigenvalue weighted by molar-refractivity contribution is -0.139. The summed E-state index contributed by atoms with van der Waals surface area (Å²) in [7, 11) is -4.04. The molecular weight excluding hydrogens is 292 g/mol. The topological polar surface area (TPSA) is 83.5 Å². The first kappa shape index (κ1) is 16.5. The molecule has 0 aromatic heterocycles. The monoisotopic (exact) mass is 307 g/mol. The molecule has 5 nitrogen and oxygen atoms in total. The molecule has 1 aromatic rings. The maximum atomic E-state index is 12.4. The molecule has 0 radical (unpaired) electrons. The third-order valence-electron chi connectivity index (χ3n) is 2.62. The zero-order chi connectivity index (χ0) is 15.3. The third kappa shape index (κ3) is 4.24. The highest BCUT2D eigenvalue weighted by atomic mass is 32.2. The van der Waals surface area contributed by atoms with Gasteiger partial charge in [0.1, 0.15) is 6.04 Å². The highest BCUT2D eigenvalue weighted by Gasteiger charge is 2.24. The molecule has 1 aromatic carbocycles. The molecule has 2 N–H and O–H groups in total. The molecule has 112 valence electrons. The molecule has 0 saturated carbocycles. The van der Waals surface area contributed by atoms with Crippen LogP contribution in [0.4, 0.5) is 8.78 Å². The minimum Gasteiger partial charge on any atom is -0.480 e. The Kier molecular flexibility index (Phi) is 5.58. The Morgan fingerprint density at radius 1 is 1.30 bits per heavy atom. The number of halogens is 2. The highest BCUT2D eigenvalue weighted by molar-refractivity contribution is 7.89. The van der Waals surface area contributed by atoms with Gasteiger partial charge in [-0.15, -0.1) is 0 Å². The molecule has 1 atom stereocenters. The van der Waals surface area contributed by atoms with Crippen molar-refractivity contribution in [1.82, 2.24) is 4.72 Å². The van der Waals surface area contributed by atoms with Gasteiger partial charge in [-0.25, -0.2) is 17.2 Å². The maximum Gasteiger partial charge on any atom is 0.321 e. The molecule has 0 fully saturated rings. The van der Waals surface area contributed by atoms with Gasteiger partial charge in [-0.3, -0.25) is 4.79 Å². The highest BCUT2D eigenvalue weighted by Crippen LogP contribution is 2.20. The van der Waals surface area contributed by atoms with Crippen LogP contribution in [0.1, 0.15) is 31.8 Å². The molecule has 0 heterocycles. The lowest BCUT2D eigenvalue weighted by Gasteiger charge is -2.14. The predicted octanol–water partition coefficient (Wildman–Crippen LogP) is 2.16. The molecule has 0 amide bonds. The van der Waals surface area contributed by atoms with Gasteiger partial charge in [0.05, 0.1) is 4.90 Å². The first-order valence-electron chi connectivity index (χ1n) is 5.91. The molecular formula is C12H15F2NO4S. The van der Waals surface area contributed by atoms with E-state index in [1.165, 1.54) is 0 Å². The lowest BCUT2D eigenvalue weighted by Crippen LogP contribution is -2.40. The lowest BCUT2D eigenvalue weighted by atomic mass is 10.2. The normalized spacial score (nSPS) is 13.4. The van der Waals surface area contributed by atoms with Crippen LogP contribution in [0.25, 0.3) is 0 Å². The van der Waals surface area contributed by atoms with Gasteiger partial charge in [0.2, 0.25) is 10.0 Å². The van der Waals surface area contributed by atoms with Crippen LogP contribution in [0.15, 0.2) is 29.2 Å². The first-order chi connectivity index (χ1) is 9.27. The predicted molar refractivity (Wildman–Crippen MR) is 68.1 cm³/mol. The van der Waals surface area contributed by atoms with E-state index in [0.717, 1.165) is 24.3 Å². The van der Waals surface area contributed by atoms with Gasteiger partial charge in [-0.1, -0.05) is 25.5 Å². The van der Waals surface area contributed by atoms with Crippen molar-refractivity contribution in [1.29, 1.82) is 0 Å². The SMILES string of the molecule is CCCC(NS(=O)(=O)c1ccc(C(F)F)cc1)C(=O)O. The molecule has 0 spiro atoms. The van der Waals surface area contributed by atoms with E-state index in [1.54, 1.807) is 6.92 Å². The minimum atomic E-state index is -4.04. The van der Waals surface area contributed by atoms with Crippen molar-refractivity contribution in [3.8, 4) is 0 Å². The van der Waals surface area contributed by atoms with Crippen LogP contribution in [0.2, 0.25) is 0 Å². The fourth-order valence-electron chi connectivity index (χ4n) is 1.57. The summed E-state index contributed by atoms with van der Waals surface area (Å²) >= 11 is 0. The number of benzene rings is 1. The van der Waals surface area contributed by atoms with Gasteiger partial charge in [0, 0.05) is 5.56 Å². The molecule has 1 unspecified atom stereocenters. The standard InChI is InChI=1S/C12H15F2NO4S/c1-2-3-10(12(16)17)15-20(18,19)9-6-4-8(5-7-9)11(13)14/h4-7,10-11,15H,2-3H2,1H3,(H,16,17). The summed E-state index contributed by atoms with van der Waals surface area (Å²) in [5.74, 6) is -1.28. The molecule has 0 saturated heterocycles. The largest absolute Gasteiger partial charge is 0.480 e. The summed E-state index contributed by atoms with van der Waals surface area (Å²) in [6.07, 6.45) is -2.06. The summed E-state index contributed by atoms with van der Waals surface area (Å²) in [5.41, 5.74) is -0.299. The van der Waals surface area contributed by atoms with E-state index in [9.17, 15) is 22.0 Å². The van der Waals surface area contributed by atoms with Crippen LogP contribution in [0.3, 0.4) is 0 Å². The van der Waals surface area contributed by atoms with Crippen molar-refractivity contribution in [2.24, 2.45) is 0 Å². The van der Waals surface area contributed by atoms with E-state index < -0.39 is 28.5 Å². The van der Waals surface area contributed by atoms with Crippen LogP contribution in [-0.4, -0.2) is 25.5 Å². The van der Waals surface area contributed by atoms with Crippen molar-refractivity contribution >= 4 is 16.0 Å². The first-order valence-corrected chi connectivity index (χ1v) is 7.39. The van der Waals surface area contributed by atoms with E-state index in [4.69, 9.17) is 5.11 Å². The van der Waals surface area contributed by atoms with Gasteiger partial charge in [0.25, 0.3) is 6.43 Å². The van der Waals surface area contributed by atoms with Gasteiger partial charge < -0.3 is 5.11 Å². The maximum absolute atomic E-state index is 12.4. The van der Waals surface area contributed by atoms with Crippen molar-refractivity contribution in [2.45, 2.75) is 37.1 Å². The second-order valence-corrected chi connectivity index (χ2v) is 5.88. The van der Waals surface area contributed by atoms with Crippen LogP contribution in [0, 0.1) is 0 Å². The summed E-state index contributed by atoms with van der Waals surface area (Å²) in [4.78, 5) is 10.7. The quantitative estimate of drug-likeness (QED) is 0.808. The van der Waals surface area contributed by atoms with Gasteiger partial charge in [-0.05, 0) is 18.6 Å². The fourth-order valence-corrected chi connectivity index (χ4v) is 2.79. The number of carboxylic acids is 1. The second-order valence-electron chi connectivity index (χ2n) is 4.17. The zero-order valence-corrected chi connectivity index (χ0v) is 11.5. The number of rotatable bonds is 7. The van der Waals surface area contributed by atoms with Crippen LogP contribution < -0.4 is 4.72 Å². The average Bonchev–Trinajstić information content (AvgIpc) is 2.38. The Hall–Kier alpha value is -1.54. The van der Waals surface area contributed by atoms with Gasteiger partial charge >= 0.3 is 5.97 Å². The second kappa shape index (κ2) is 6.76. The number of sulfonamides is 1. The van der Waals surface area contributed by atoms with Gasteiger partial charge in [0.15, 0.2) is 0 Å². The number of carboxylic acid groups (broad SMARTS) is 1. The van der Waals surface area contributed by atoms with Crippen molar-refractivity contribution < 1.29 is 27.1 Å². The third-order valence-corrected chi connectivity index (χ3v) is 4.10. The minimum absolute atomic E-state index is 0.143. The van der Waals surface area contributed by atoms with E-state index in [1.807, 2.05) is 4.72 Å². The van der Waals surface area contributed by atoms with Crippen molar-refractivity contribution in [2.75, 3.05) is 0 Å². The summed E-state index contributed by atoms with van der Waals surface area (Å²) in [5, 5.41) is 8.91. The smallest absolute Gasteiger partial charge is 0.321 e. The summed E-state index contributed by atoms with van der Waals surface area (Å²) < 4.78 is 50.7. The van der Waals surface area contributed by atoms with Gasteiger partial charge in [-0.2, -0.15) is 4.72 Å². The number of nitrogens with one attached hydrogen (secondary N) is 1. The number of alkyl halides is 2. The molecule has 8 heteroatoms. The average molecular weight is 307 g/mol. The van der Waals surface area contributed by atoms with Crippen molar-refractivity contribution in [3.05, 3.63) is 29.8 Å². The number of hydrogen-bond acceptors (Lipinski definition) is 3. The Balaban J connectivity index is 2.95. The number of aliphatic carboxylic acids is 1. The molecule has 20 heavy (non-hydrogen) atoms. The Morgan fingerprint density at radius 3 is 2.25 bits per heavy atom. The van der Waals surface area contributed by atoms with Crippen LogP contribution in [-0.2, 0) is 14.8 Å². The van der Waals surface area contributed by atoms with E-state index in [-0.39, 0.29) is 16.9 Å². The van der Waals surface area contributed by atoms with Crippen LogP contribution in [0.5, 0.6) is 0 Å². The zero-order valence-electron chi connectivity index (χ0n) is 10.7. The fraction of sp³-hybridized carbons (Fsp3) is 0.417. The molecule has 0 aliphatic heterocycles. The van der Waals surface area contributed by atoms with Crippen LogP contribution >= 0.6 is 0 Å².